The fourth-order valence-corrected chi connectivity index (χ4v) is 2.76. The molecule has 2 aromatic heterocycles. The number of carbonyl (C=O) groups excluding carboxylic acids is 1. The van der Waals surface area contributed by atoms with Crippen LogP contribution in [0.3, 0.4) is 0 Å². The number of aromatic nitrogens is 4. The lowest BCUT2D eigenvalue weighted by molar-refractivity contribution is 0.0663. The minimum Gasteiger partial charge on any atom is -0.379 e. The lowest BCUT2D eigenvalue weighted by Crippen LogP contribution is -2.34. The Hall–Kier alpha value is -2.94. The molecule has 2 heterocycles. The van der Waals surface area contributed by atoms with Gasteiger partial charge in [-0.25, -0.2) is 13.7 Å². The van der Waals surface area contributed by atoms with Gasteiger partial charge in [-0.2, -0.15) is 5.10 Å². The summed E-state index contributed by atoms with van der Waals surface area (Å²) < 4.78 is 20.3. The van der Waals surface area contributed by atoms with Gasteiger partial charge in [-0.3, -0.25) is 4.79 Å². The van der Waals surface area contributed by atoms with E-state index in [1.165, 1.54) is 17.0 Å². The number of amides is 1. The fourth-order valence-electron chi connectivity index (χ4n) is 2.53. The number of anilines is 1. The first-order chi connectivity index (χ1) is 12.4. The van der Waals surface area contributed by atoms with Gasteiger partial charge in [0.25, 0.3) is 5.91 Å². The van der Waals surface area contributed by atoms with Crippen molar-refractivity contribution in [3.8, 4) is 0 Å². The quantitative estimate of drug-likeness (QED) is 0.731. The minimum atomic E-state index is -0.573. The Bertz CT molecular complexity index is 934. The van der Waals surface area contributed by atoms with Gasteiger partial charge in [0, 0.05) is 16.3 Å². The number of nitrogen functional groups attached to an aromatic ring is 1. The van der Waals surface area contributed by atoms with Crippen LogP contribution in [0, 0.1) is 19.7 Å². The van der Waals surface area contributed by atoms with Gasteiger partial charge in [-0.05, 0) is 42.4 Å². The standard InChI is InChI=1S/C16H16ClFN6O2/c1-9-6-10(2)24(20-9)8-23(16(25)14-15(19)22-26-21-14)7-11-12(17)4-3-5-13(11)18/h3-6H,7-8H2,1-2H3,(H2,19,22). The predicted octanol–water partition coefficient (Wildman–Crippen LogP) is 2.56. The van der Waals surface area contributed by atoms with Gasteiger partial charge in [-0.15, -0.1) is 0 Å². The number of aryl methyl sites for hydroxylation is 2. The van der Waals surface area contributed by atoms with Gasteiger partial charge < -0.3 is 10.6 Å². The van der Waals surface area contributed by atoms with Crippen molar-refractivity contribution in [1.82, 2.24) is 25.0 Å². The van der Waals surface area contributed by atoms with E-state index in [4.69, 9.17) is 17.3 Å². The summed E-state index contributed by atoms with van der Waals surface area (Å²) in [5.74, 6) is -1.24. The van der Waals surface area contributed by atoms with Crippen LogP contribution < -0.4 is 5.73 Å². The molecule has 8 nitrogen and oxygen atoms in total. The van der Waals surface area contributed by atoms with Crippen molar-refractivity contribution in [3.05, 3.63) is 57.8 Å². The maximum Gasteiger partial charge on any atom is 0.281 e. The van der Waals surface area contributed by atoms with Gasteiger partial charge in [0.05, 0.1) is 12.2 Å². The van der Waals surface area contributed by atoms with Crippen LogP contribution in [0.15, 0.2) is 28.9 Å². The van der Waals surface area contributed by atoms with Crippen molar-refractivity contribution in [2.24, 2.45) is 0 Å². The summed E-state index contributed by atoms with van der Waals surface area (Å²) in [5, 5.41) is 11.5. The van der Waals surface area contributed by atoms with E-state index in [0.717, 1.165) is 11.4 Å². The Morgan fingerprint density at radius 3 is 2.73 bits per heavy atom. The molecule has 0 spiro atoms. The lowest BCUT2D eigenvalue weighted by Gasteiger charge is -2.23. The summed E-state index contributed by atoms with van der Waals surface area (Å²) in [6, 6.07) is 6.19. The predicted molar refractivity (Wildman–Crippen MR) is 91.7 cm³/mol. The first-order valence-corrected chi connectivity index (χ1v) is 8.06. The highest BCUT2D eigenvalue weighted by atomic mass is 35.5. The van der Waals surface area contributed by atoms with Crippen molar-refractivity contribution in [3.63, 3.8) is 0 Å². The number of hydrogen-bond donors (Lipinski definition) is 1. The molecule has 0 atom stereocenters. The van der Waals surface area contributed by atoms with Gasteiger partial charge in [0.1, 0.15) is 12.5 Å². The number of rotatable bonds is 5. The number of benzene rings is 1. The molecule has 10 heteroatoms. The second kappa shape index (κ2) is 7.12. The van der Waals surface area contributed by atoms with Crippen molar-refractivity contribution < 1.29 is 13.8 Å². The molecule has 1 amide bonds. The molecule has 0 bridgehead atoms. The number of carbonyl (C=O) groups is 1. The molecule has 0 aliphatic heterocycles. The minimum absolute atomic E-state index is 0.0511. The Balaban J connectivity index is 1.97. The van der Waals surface area contributed by atoms with E-state index >= 15 is 0 Å². The van der Waals surface area contributed by atoms with E-state index in [2.05, 4.69) is 20.0 Å². The first-order valence-electron chi connectivity index (χ1n) is 7.68. The molecule has 0 radical (unpaired) electrons. The van der Waals surface area contributed by atoms with Gasteiger partial charge in [0.15, 0.2) is 0 Å². The molecule has 0 aliphatic carbocycles. The van der Waals surface area contributed by atoms with Crippen LogP contribution in [0.1, 0.15) is 27.4 Å². The number of nitrogens with two attached hydrogens (primary N) is 1. The highest BCUT2D eigenvalue weighted by molar-refractivity contribution is 6.31. The Morgan fingerprint density at radius 1 is 1.38 bits per heavy atom. The molecule has 26 heavy (non-hydrogen) atoms. The Kier molecular flexibility index (Phi) is 4.90. The smallest absolute Gasteiger partial charge is 0.281 e. The molecular weight excluding hydrogens is 363 g/mol. The third-order valence-electron chi connectivity index (χ3n) is 3.82. The average molecular weight is 379 g/mol. The van der Waals surface area contributed by atoms with Crippen LogP contribution in [-0.2, 0) is 13.2 Å². The lowest BCUT2D eigenvalue weighted by atomic mass is 10.2. The molecule has 2 N–H and O–H groups in total. The summed E-state index contributed by atoms with van der Waals surface area (Å²) in [7, 11) is 0. The third kappa shape index (κ3) is 3.52. The van der Waals surface area contributed by atoms with Crippen LogP contribution in [-0.4, -0.2) is 30.9 Å². The topological polar surface area (TPSA) is 103 Å². The number of nitrogens with zero attached hydrogens (tertiary/aromatic N) is 5. The van der Waals surface area contributed by atoms with Crippen molar-refractivity contribution in [1.29, 1.82) is 0 Å². The molecule has 136 valence electrons. The van der Waals surface area contributed by atoms with E-state index in [1.54, 1.807) is 10.7 Å². The largest absolute Gasteiger partial charge is 0.379 e. The van der Waals surface area contributed by atoms with Crippen LogP contribution in [0.2, 0.25) is 5.02 Å². The van der Waals surface area contributed by atoms with Crippen molar-refractivity contribution >= 4 is 23.3 Å². The zero-order chi connectivity index (χ0) is 18.8. The van der Waals surface area contributed by atoms with Crippen LogP contribution in [0.5, 0.6) is 0 Å². The fraction of sp³-hybridized carbons (Fsp3) is 0.250. The highest BCUT2D eigenvalue weighted by Crippen LogP contribution is 2.22. The third-order valence-corrected chi connectivity index (χ3v) is 4.18. The van der Waals surface area contributed by atoms with Gasteiger partial charge in [-0.1, -0.05) is 17.7 Å². The van der Waals surface area contributed by atoms with E-state index in [9.17, 15) is 9.18 Å². The number of halogens is 2. The van der Waals surface area contributed by atoms with Crippen molar-refractivity contribution in [2.45, 2.75) is 27.1 Å². The van der Waals surface area contributed by atoms with Gasteiger partial charge in [0.2, 0.25) is 11.5 Å². The normalized spacial score (nSPS) is 10.9. The summed E-state index contributed by atoms with van der Waals surface area (Å²) in [6.07, 6.45) is 0. The summed E-state index contributed by atoms with van der Waals surface area (Å²) in [4.78, 5) is 14.2. The Morgan fingerprint density at radius 2 is 2.15 bits per heavy atom. The average Bonchev–Trinajstić information content (AvgIpc) is 3.14. The monoisotopic (exact) mass is 378 g/mol. The van der Waals surface area contributed by atoms with Crippen LogP contribution in [0.25, 0.3) is 0 Å². The summed E-state index contributed by atoms with van der Waals surface area (Å²) in [5.41, 5.74) is 7.28. The van der Waals surface area contributed by atoms with E-state index in [0.29, 0.717) is 0 Å². The van der Waals surface area contributed by atoms with E-state index in [1.807, 2.05) is 19.9 Å². The highest BCUT2D eigenvalue weighted by Gasteiger charge is 2.25. The van der Waals surface area contributed by atoms with Gasteiger partial charge >= 0.3 is 0 Å². The van der Waals surface area contributed by atoms with Crippen LogP contribution in [0.4, 0.5) is 10.2 Å². The zero-order valence-electron chi connectivity index (χ0n) is 14.1. The molecule has 0 unspecified atom stereocenters. The zero-order valence-corrected chi connectivity index (χ0v) is 14.9. The second-order valence-electron chi connectivity index (χ2n) is 5.77. The Labute approximate surface area is 153 Å². The maximum atomic E-state index is 14.2. The first kappa shape index (κ1) is 17.9. The molecule has 0 aliphatic rings. The number of hydrogen-bond acceptors (Lipinski definition) is 6. The molecule has 0 saturated heterocycles. The molecule has 3 aromatic rings. The molecule has 0 fully saturated rings. The SMILES string of the molecule is Cc1cc(C)n(CN(Cc2c(F)cccc2Cl)C(=O)c2nonc2N)n1. The molecular formula is C16H16ClFN6O2. The molecule has 0 saturated carbocycles. The molecule has 1 aromatic carbocycles. The molecule has 3 rings (SSSR count). The summed E-state index contributed by atoms with van der Waals surface area (Å²) in [6.45, 7) is 3.64. The van der Waals surface area contributed by atoms with E-state index < -0.39 is 11.7 Å². The summed E-state index contributed by atoms with van der Waals surface area (Å²) >= 11 is 6.10. The van der Waals surface area contributed by atoms with E-state index in [-0.39, 0.29) is 35.3 Å². The van der Waals surface area contributed by atoms with Crippen LogP contribution >= 0.6 is 11.6 Å². The second-order valence-corrected chi connectivity index (χ2v) is 6.18. The maximum absolute atomic E-state index is 14.2. The van der Waals surface area contributed by atoms with Crippen molar-refractivity contribution in [2.75, 3.05) is 5.73 Å².